The third kappa shape index (κ3) is 4.84. The van der Waals surface area contributed by atoms with Gasteiger partial charge in [-0.3, -0.25) is 4.90 Å². The first-order valence-corrected chi connectivity index (χ1v) is 6.85. The Morgan fingerprint density at radius 2 is 2.06 bits per heavy atom. The molecule has 0 aromatic carbocycles. The second-order valence-electron chi connectivity index (χ2n) is 6.80. The van der Waals surface area contributed by atoms with E-state index in [0.29, 0.717) is 6.04 Å². The summed E-state index contributed by atoms with van der Waals surface area (Å²) in [5, 5.41) is 3.58. The Labute approximate surface area is 112 Å². The fraction of sp³-hybridized carbons (Fsp3) is 1.00. The summed E-state index contributed by atoms with van der Waals surface area (Å²) in [6.07, 6.45) is 0. The van der Waals surface area contributed by atoms with Crippen molar-refractivity contribution in [3.05, 3.63) is 0 Å². The number of hydrogen-bond donors (Lipinski definition) is 1. The van der Waals surface area contributed by atoms with Crippen molar-refractivity contribution >= 4 is 0 Å². The number of hydrogen-bond acceptors (Lipinski definition) is 4. The van der Waals surface area contributed by atoms with E-state index >= 15 is 0 Å². The Kier molecular flexibility index (Phi) is 5.59. The van der Waals surface area contributed by atoms with Crippen LogP contribution in [0.3, 0.4) is 0 Å². The van der Waals surface area contributed by atoms with Gasteiger partial charge in [-0.15, -0.1) is 0 Å². The molecule has 1 atom stereocenters. The van der Waals surface area contributed by atoms with Crippen molar-refractivity contribution in [1.82, 2.24) is 10.2 Å². The summed E-state index contributed by atoms with van der Waals surface area (Å²) in [4.78, 5) is 2.51. The number of nitrogens with one attached hydrogen (secondary N) is 1. The number of morpholine rings is 1. The van der Waals surface area contributed by atoms with E-state index in [9.17, 15) is 0 Å². The van der Waals surface area contributed by atoms with Gasteiger partial charge < -0.3 is 14.8 Å². The SMILES string of the molecule is COCC(CNC(C)(C)C)N1CCOCC1(C)C. The maximum absolute atomic E-state index is 5.59. The Morgan fingerprint density at radius 1 is 1.39 bits per heavy atom. The van der Waals surface area contributed by atoms with Gasteiger partial charge in [-0.25, -0.2) is 0 Å². The minimum absolute atomic E-state index is 0.0843. The molecule has 1 unspecified atom stereocenters. The lowest BCUT2D eigenvalue weighted by Crippen LogP contribution is -2.61. The minimum Gasteiger partial charge on any atom is -0.383 e. The smallest absolute Gasteiger partial charge is 0.0645 e. The van der Waals surface area contributed by atoms with E-state index < -0.39 is 0 Å². The molecule has 1 aliphatic rings. The second-order valence-corrected chi connectivity index (χ2v) is 6.80. The molecule has 0 spiro atoms. The largest absolute Gasteiger partial charge is 0.383 e. The van der Waals surface area contributed by atoms with Crippen LogP contribution in [-0.2, 0) is 9.47 Å². The summed E-state index contributed by atoms with van der Waals surface area (Å²) in [5.41, 5.74) is 0.226. The maximum Gasteiger partial charge on any atom is 0.0645 e. The topological polar surface area (TPSA) is 33.7 Å². The Balaban J connectivity index is 2.64. The monoisotopic (exact) mass is 258 g/mol. The van der Waals surface area contributed by atoms with E-state index in [1.54, 1.807) is 7.11 Å². The second kappa shape index (κ2) is 6.33. The Bertz CT molecular complexity index is 249. The lowest BCUT2D eigenvalue weighted by molar-refractivity contribution is -0.0838. The highest BCUT2D eigenvalue weighted by molar-refractivity contribution is 4.91. The summed E-state index contributed by atoms with van der Waals surface area (Å²) in [6.45, 7) is 15.4. The molecule has 1 saturated heterocycles. The van der Waals surface area contributed by atoms with E-state index in [4.69, 9.17) is 9.47 Å². The van der Waals surface area contributed by atoms with Crippen LogP contribution in [0.25, 0.3) is 0 Å². The van der Waals surface area contributed by atoms with Crippen molar-refractivity contribution < 1.29 is 9.47 Å². The van der Waals surface area contributed by atoms with E-state index in [1.807, 2.05) is 0 Å². The first-order chi connectivity index (χ1) is 8.26. The Morgan fingerprint density at radius 3 is 2.56 bits per heavy atom. The lowest BCUT2D eigenvalue weighted by atomic mass is 9.99. The summed E-state index contributed by atoms with van der Waals surface area (Å²) in [6, 6.07) is 0.396. The summed E-state index contributed by atoms with van der Waals surface area (Å²) in [7, 11) is 1.78. The molecule has 108 valence electrons. The minimum atomic E-state index is 0.0843. The number of nitrogens with zero attached hydrogens (tertiary/aromatic N) is 1. The highest BCUT2D eigenvalue weighted by Gasteiger charge is 2.35. The zero-order valence-electron chi connectivity index (χ0n) is 12.9. The van der Waals surface area contributed by atoms with Gasteiger partial charge in [-0.05, 0) is 34.6 Å². The van der Waals surface area contributed by atoms with E-state index in [-0.39, 0.29) is 11.1 Å². The maximum atomic E-state index is 5.59. The normalized spacial score (nSPS) is 23.0. The van der Waals surface area contributed by atoms with Crippen LogP contribution in [0.5, 0.6) is 0 Å². The molecule has 1 N–H and O–H groups in total. The number of rotatable bonds is 5. The molecule has 0 aliphatic carbocycles. The average Bonchev–Trinajstić information content (AvgIpc) is 2.23. The van der Waals surface area contributed by atoms with Gasteiger partial charge in [0.05, 0.1) is 19.8 Å². The van der Waals surface area contributed by atoms with E-state index in [0.717, 1.165) is 32.9 Å². The third-order valence-corrected chi connectivity index (χ3v) is 3.38. The predicted molar refractivity (Wildman–Crippen MR) is 75.0 cm³/mol. The van der Waals surface area contributed by atoms with Gasteiger partial charge in [0.2, 0.25) is 0 Å². The van der Waals surface area contributed by atoms with Crippen molar-refractivity contribution in [3.8, 4) is 0 Å². The zero-order chi connectivity index (χ0) is 13.8. The summed E-state index contributed by atoms with van der Waals surface area (Å²) in [5.74, 6) is 0. The van der Waals surface area contributed by atoms with Crippen LogP contribution < -0.4 is 5.32 Å². The molecular weight excluding hydrogens is 228 g/mol. The van der Waals surface area contributed by atoms with Gasteiger partial charge in [0.1, 0.15) is 0 Å². The van der Waals surface area contributed by atoms with Gasteiger partial charge in [0.15, 0.2) is 0 Å². The molecule has 0 aromatic heterocycles. The van der Waals surface area contributed by atoms with Crippen LogP contribution in [0.4, 0.5) is 0 Å². The molecule has 0 aromatic rings. The van der Waals surface area contributed by atoms with Crippen LogP contribution >= 0.6 is 0 Å². The number of ether oxygens (including phenoxy) is 2. The van der Waals surface area contributed by atoms with E-state index in [2.05, 4.69) is 44.8 Å². The van der Waals surface area contributed by atoms with E-state index in [1.165, 1.54) is 0 Å². The van der Waals surface area contributed by atoms with Crippen LogP contribution in [0.15, 0.2) is 0 Å². The van der Waals surface area contributed by atoms with Crippen LogP contribution in [0, 0.1) is 0 Å². The van der Waals surface area contributed by atoms with Gasteiger partial charge in [0.25, 0.3) is 0 Å². The van der Waals surface area contributed by atoms with Crippen LogP contribution in [0.1, 0.15) is 34.6 Å². The molecule has 0 saturated carbocycles. The van der Waals surface area contributed by atoms with Gasteiger partial charge in [-0.1, -0.05) is 0 Å². The van der Waals surface area contributed by atoms with Crippen molar-refractivity contribution in [3.63, 3.8) is 0 Å². The highest BCUT2D eigenvalue weighted by atomic mass is 16.5. The predicted octanol–water partition coefficient (Wildman–Crippen LogP) is 1.50. The zero-order valence-corrected chi connectivity index (χ0v) is 12.9. The fourth-order valence-electron chi connectivity index (χ4n) is 2.42. The molecule has 18 heavy (non-hydrogen) atoms. The molecule has 4 heteroatoms. The summed E-state index contributed by atoms with van der Waals surface area (Å²) < 4.78 is 11.0. The third-order valence-electron chi connectivity index (χ3n) is 3.38. The van der Waals surface area contributed by atoms with Crippen LogP contribution in [0.2, 0.25) is 0 Å². The molecule has 0 radical (unpaired) electrons. The lowest BCUT2D eigenvalue weighted by Gasteiger charge is -2.47. The number of methoxy groups -OCH3 is 1. The highest BCUT2D eigenvalue weighted by Crippen LogP contribution is 2.22. The Hall–Kier alpha value is -0.160. The van der Waals surface area contributed by atoms with Crippen LogP contribution in [-0.4, -0.2) is 62.0 Å². The van der Waals surface area contributed by atoms with Gasteiger partial charge >= 0.3 is 0 Å². The molecular formula is C14H30N2O2. The molecule has 0 bridgehead atoms. The molecule has 1 fully saturated rings. The molecule has 4 nitrogen and oxygen atoms in total. The quantitative estimate of drug-likeness (QED) is 0.810. The van der Waals surface area contributed by atoms with Gasteiger partial charge in [-0.2, -0.15) is 0 Å². The molecule has 1 aliphatic heterocycles. The van der Waals surface area contributed by atoms with Crippen molar-refractivity contribution in [2.45, 2.75) is 51.7 Å². The first kappa shape index (κ1) is 15.9. The molecule has 1 rings (SSSR count). The summed E-state index contributed by atoms with van der Waals surface area (Å²) >= 11 is 0. The van der Waals surface area contributed by atoms with Crippen molar-refractivity contribution in [2.75, 3.05) is 40.0 Å². The standard InChI is InChI=1S/C14H30N2O2/c1-13(2,3)15-9-12(10-17-6)16-7-8-18-11-14(16,4)5/h12,15H,7-11H2,1-6H3. The van der Waals surface area contributed by atoms with Crippen molar-refractivity contribution in [2.24, 2.45) is 0 Å². The first-order valence-electron chi connectivity index (χ1n) is 6.85. The molecule has 1 heterocycles. The fourth-order valence-corrected chi connectivity index (χ4v) is 2.42. The van der Waals surface area contributed by atoms with Crippen molar-refractivity contribution in [1.29, 1.82) is 0 Å². The molecule has 0 amide bonds. The average molecular weight is 258 g/mol. The van der Waals surface area contributed by atoms with Gasteiger partial charge in [0, 0.05) is 37.3 Å².